The Hall–Kier alpha value is -3.05. The van der Waals surface area contributed by atoms with Gasteiger partial charge in [0.15, 0.2) is 0 Å². The van der Waals surface area contributed by atoms with Crippen LogP contribution in [0.25, 0.3) is 11.3 Å². The molecule has 2 aromatic carbocycles. The minimum Gasteiger partial charge on any atom is -0.455 e. The molecule has 0 aliphatic carbocycles. The first-order valence-electron chi connectivity index (χ1n) is 8.08. The van der Waals surface area contributed by atoms with Crippen molar-refractivity contribution >= 4 is 29.4 Å². The van der Waals surface area contributed by atoms with Gasteiger partial charge in [0.05, 0.1) is 12.8 Å². The van der Waals surface area contributed by atoms with Gasteiger partial charge in [0.25, 0.3) is 5.91 Å². The van der Waals surface area contributed by atoms with Gasteiger partial charge >= 0.3 is 0 Å². The van der Waals surface area contributed by atoms with E-state index >= 15 is 0 Å². The standard InChI is InChI=1S/C20H18ClN3O2/c1-14-5-7-17(8-6-14)22-13-20(25)24-23-12-18-9-10-19(26-18)15-3-2-4-16(21)11-15/h2-12,22H,13H2,1H3,(H,24,25)/b23-12+. The molecule has 26 heavy (non-hydrogen) atoms. The van der Waals surface area contributed by atoms with Gasteiger partial charge < -0.3 is 9.73 Å². The maximum absolute atomic E-state index is 11.8. The maximum atomic E-state index is 11.8. The predicted molar refractivity (Wildman–Crippen MR) is 105 cm³/mol. The highest BCUT2D eigenvalue weighted by molar-refractivity contribution is 6.30. The Labute approximate surface area is 156 Å². The van der Waals surface area contributed by atoms with E-state index in [0.29, 0.717) is 16.5 Å². The molecule has 1 heterocycles. The zero-order valence-corrected chi connectivity index (χ0v) is 15.0. The van der Waals surface area contributed by atoms with Crippen LogP contribution in [0.3, 0.4) is 0 Å². The normalized spacial score (nSPS) is 10.8. The van der Waals surface area contributed by atoms with Crippen molar-refractivity contribution in [3.63, 3.8) is 0 Å². The molecule has 0 radical (unpaired) electrons. The van der Waals surface area contributed by atoms with E-state index in [1.54, 1.807) is 12.1 Å². The average molecular weight is 368 g/mol. The molecule has 0 aliphatic rings. The number of nitrogens with one attached hydrogen (secondary N) is 2. The van der Waals surface area contributed by atoms with Gasteiger partial charge in [-0.3, -0.25) is 4.79 Å². The van der Waals surface area contributed by atoms with E-state index < -0.39 is 0 Å². The number of rotatable bonds is 6. The molecule has 3 aromatic rings. The molecule has 5 nitrogen and oxygen atoms in total. The van der Waals surface area contributed by atoms with Gasteiger partial charge in [0, 0.05) is 16.3 Å². The smallest absolute Gasteiger partial charge is 0.259 e. The van der Waals surface area contributed by atoms with Gasteiger partial charge in [0.1, 0.15) is 11.5 Å². The molecule has 2 N–H and O–H groups in total. The van der Waals surface area contributed by atoms with Crippen LogP contribution in [0.15, 0.2) is 70.2 Å². The second-order valence-electron chi connectivity index (χ2n) is 5.73. The first-order valence-corrected chi connectivity index (χ1v) is 8.46. The van der Waals surface area contributed by atoms with Gasteiger partial charge in [-0.2, -0.15) is 5.10 Å². The lowest BCUT2D eigenvalue weighted by atomic mass is 10.2. The van der Waals surface area contributed by atoms with Crippen molar-refractivity contribution in [3.8, 4) is 11.3 Å². The topological polar surface area (TPSA) is 66.6 Å². The molecule has 0 bridgehead atoms. The number of furan rings is 1. The zero-order chi connectivity index (χ0) is 18.4. The summed E-state index contributed by atoms with van der Waals surface area (Å²) in [6, 6.07) is 18.8. The lowest BCUT2D eigenvalue weighted by molar-refractivity contribution is -0.119. The second-order valence-corrected chi connectivity index (χ2v) is 6.16. The lowest BCUT2D eigenvalue weighted by Gasteiger charge is -2.05. The fourth-order valence-electron chi connectivity index (χ4n) is 2.28. The van der Waals surface area contributed by atoms with Crippen molar-refractivity contribution in [2.24, 2.45) is 5.10 Å². The summed E-state index contributed by atoms with van der Waals surface area (Å²) in [5, 5.41) is 7.58. The number of hydrogen-bond acceptors (Lipinski definition) is 4. The van der Waals surface area contributed by atoms with Crippen LogP contribution < -0.4 is 10.7 Å². The number of amides is 1. The number of hydrazone groups is 1. The Morgan fingerprint density at radius 2 is 1.96 bits per heavy atom. The Kier molecular flexibility index (Phi) is 5.71. The largest absolute Gasteiger partial charge is 0.455 e. The lowest BCUT2D eigenvalue weighted by Crippen LogP contribution is -2.25. The Balaban J connectivity index is 1.50. The summed E-state index contributed by atoms with van der Waals surface area (Å²) in [6.45, 7) is 2.14. The summed E-state index contributed by atoms with van der Waals surface area (Å²) in [4.78, 5) is 11.8. The monoisotopic (exact) mass is 367 g/mol. The number of anilines is 1. The minimum atomic E-state index is -0.247. The average Bonchev–Trinajstić information content (AvgIpc) is 3.10. The third-order valence-electron chi connectivity index (χ3n) is 3.62. The number of hydrogen-bond donors (Lipinski definition) is 2. The van der Waals surface area contributed by atoms with E-state index in [1.165, 1.54) is 11.8 Å². The van der Waals surface area contributed by atoms with Crippen LogP contribution in [0.2, 0.25) is 5.02 Å². The number of carbonyl (C=O) groups excluding carboxylic acids is 1. The van der Waals surface area contributed by atoms with E-state index in [-0.39, 0.29) is 12.5 Å². The fraction of sp³-hybridized carbons (Fsp3) is 0.100. The van der Waals surface area contributed by atoms with Crippen LogP contribution >= 0.6 is 11.6 Å². The summed E-state index contributed by atoms with van der Waals surface area (Å²) in [7, 11) is 0. The highest BCUT2D eigenvalue weighted by Crippen LogP contribution is 2.24. The van der Waals surface area contributed by atoms with E-state index in [0.717, 1.165) is 11.3 Å². The van der Waals surface area contributed by atoms with Crippen molar-refractivity contribution in [2.75, 3.05) is 11.9 Å². The first-order chi connectivity index (χ1) is 12.6. The molecule has 0 saturated heterocycles. The van der Waals surface area contributed by atoms with Crippen molar-refractivity contribution in [1.82, 2.24) is 5.43 Å². The molecule has 1 aromatic heterocycles. The molecule has 6 heteroatoms. The molecular formula is C20H18ClN3O2. The van der Waals surface area contributed by atoms with Gasteiger partial charge in [-0.15, -0.1) is 0 Å². The number of aryl methyl sites for hydroxylation is 1. The van der Waals surface area contributed by atoms with E-state index in [9.17, 15) is 4.79 Å². The number of benzene rings is 2. The Morgan fingerprint density at radius 3 is 2.73 bits per heavy atom. The maximum Gasteiger partial charge on any atom is 0.259 e. The summed E-state index contributed by atoms with van der Waals surface area (Å²) < 4.78 is 5.67. The van der Waals surface area contributed by atoms with Gasteiger partial charge in [-0.05, 0) is 43.3 Å². The Morgan fingerprint density at radius 1 is 1.15 bits per heavy atom. The summed E-state index contributed by atoms with van der Waals surface area (Å²) in [6.07, 6.45) is 1.46. The molecule has 132 valence electrons. The molecule has 1 amide bonds. The minimum absolute atomic E-state index is 0.131. The molecular weight excluding hydrogens is 350 g/mol. The summed E-state index contributed by atoms with van der Waals surface area (Å²) >= 11 is 5.98. The summed E-state index contributed by atoms with van der Waals surface area (Å²) in [5.74, 6) is 0.969. The SMILES string of the molecule is Cc1ccc(NCC(=O)N/N=C/c2ccc(-c3cccc(Cl)c3)o2)cc1. The molecule has 0 atom stereocenters. The van der Waals surface area contributed by atoms with E-state index in [1.807, 2.05) is 55.5 Å². The molecule has 0 spiro atoms. The molecule has 0 fully saturated rings. The van der Waals surface area contributed by atoms with Crippen LogP contribution in [-0.2, 0) is 4.79 Å². The van der Waals surface area contributed by atoms with Gasteiger partial charge in [0.2, 0.25) is 0 Å². The molecule has 0 aliphatic heterocycles. The quantitative estimate of drug-likeness (QED) is 0.499. The van der Waals surface area contributed by atoms with Crippen LogP contribution in [0.5, 0.6) is 0 Å². The highest BCUT2D eigenvalue weighted by Gasteiger charge is 2.04. The van der Waals surface area contributed by atoms with E-state index in [2.05, 4.69) is 15.8 Å². The van der Waals surface area contributed by atoms with Crippen LogP contribution in [-0.4, -0.2) is 18.7 Å². The van der Waals surface area contributed by atoms with Gasteiger partial charge in [-0.25, -0.2) is 5.43 Å². The first kappa shape index (κ1) is 17.8. The fourth-order valence-corrected chi connectivity index (χ4v) is 2.47. The van der Waals surface area contributed by atoms with Crippen molar-refractivity contribution < 1.29 is 9.21 Å². The summed E-state index contributed by atoms with van der Waals surface area (Å²) in [5.41, 5.74) is 5.38. The number of nitrogens with zero attached hydrogens (tertiary/aromatic N) is 1. The predicted octanol–water partition coefficient (Wildman–Crippen LogP) is 4.47. The molecule has 3 rings (SSSR count). The van der Waals surface area contributed by atoms with Crippen LogP contribution in [0, 0.1) is 6.92 Å². The molecule has 0 saturated carbocycles. The van der Waals surface area contributed by atoms with E-state index in [4.69, 9.17) is 16.0 Å². The second kappa shape index (κ2) is 8.36. The third-order valence-corrected chi connectivity index (χ3v) is 3.86. The zero-order valence-electron chi connectivity index (χ0n) is 14.2. The van der Waals surface area contributed by atoms with Gasteiger partial charge in [-0.1, -0.05) is 41.4 Å². The van der Waals surface area contributed by atoms with Crippen LogP contribution in [0.1, 0.15) is 11.3 Å². The third kappa shape index (κ3) is 4.97. The van der Waals surface area contributed by atoms with Crippen molar-refractivity contribution in [2.45, 2.75) is 6.92 Å². The van der Waals surface area contributed by atoms with Crippen LogP contribution in [0.4, 0.5) is 5.69 Å². The van der Waals surface area contributed by atoms with Crippen molar-refractivity contribution in [3.05, 3.63) is 77.0 Å². The van der Waals surface area contributed by atoms with Crippen molar-refractivity contribution in [1.29, 1.82) is 0 Å². The number of halogens is 1. The Bertz CT molecular complexity index is 917. The number of carbonyl (C=O) groups is 1. The highest BCUT2D eigenvalue weighted by atomic mass is 35.5. The molecule has 0 unspecified atom stereocenters.